The first kappa shape index (κ1) is 13.6. The zero-order chi connectivity index (χ0) is 12.8. The van der Waals surface area contributed by atoms with Gasteiger partial charge in [-0.15, -0.1) is 0 Å². The highest BCUT2D eigenvalue weighted by molar-refractivity contribution is 9.09. The van der Waals surface area contributed by atoms with Gasteiger partial charge in [0.15, 0.2) is 0 Å². The van der Waals surface area contributed by atoms with Crippen LogP contribution in [0.2, 0.25) is 0 Å². The summed E-state index contributed by atoms with van der Waals surface area (Å²) in [5, 5.41) is 4.15. The Kier molecular flexibility index (Phi) is 5.24. The van der Waals surface area contributed by atoms with Gasteiger partial charge in [0.25, 0.3) is 0 Å². The fourth-order valence-electron chi connectivity index (χ4n) is 2.50. The molecular formula is C15H20BrNO. The van der Waals surface area contributed by atoms with Crippen LogP contribution in [0.4, 0.5) is 0 Å². The molecule has 1 unspecified atom stereocenters. The molecule has 0 saturated heterocycles. The van der Waals surface area contributed by atoms with E-state index in [0.717, 1.165) is 37.4 Å². The fourth-order valence-corrected chi connectivity index (χ4v) is 2.90. The van der Waals surface area contributed by atoms with E-state index in [9.17, 15) is 4.79 Å². The predicted octanol–water partition coefficient (Wildman–Crippen LogP) is 3.23. The Hall–Kier alpha value is -0.830. The summed E-state index contributed by atoms with van der Waals surface area (Å²) in [6.45, 7) is 0. The Morgan fingerprint density at radius 1 is 1.28 bits per heavy atom. The molecule has 1 amide bonds. The minimum Gasteiger partial charge on any atom is -0.353 e. The maximum atomic E-state index is 11.8. The third kappa shape index (κ3) is 3.84. The van der Waals surface area contributed by atoms with Crippen molar-refractivity contribution in [2.45, 2.75) is 44.6 Å². The molecule has 1 aliphatic rings. The normalized spacial score (nSPS) is 18.2. The van der Waals surface area contributed by atoms with Gasteiger partial charge in [-0.3, -0.25) is 4.79 Å². The van der Waals surface area contributed by atoms with Crippen LogP contribution in [0.25, 0.3) is 0 Å². The zero-order valence-electron chi connectivity index (χ0n) is 10.6. The van der Waals surface area contributed by atoms with Crippen LogP contribution in [0.5, 0.6) is 0 Å². The summed E-state index contributed by atoms with van der Waals surface area (Å²) in [7, 11) is 0. The predicted molar refractivity (Wildman–Crippen MR) is 78.0 cm³/mol. The molecule has 3 heteroatoms. The van der Waals surface area contributed by atoms with Crippen molar-refractivity contribution >= 4 is 21.8 Å². The van der Waals surface area contributed by atoms with E-state index >= 15 is 0 Å². The van der Waals surface area contributed by atoms with E-state index in [1.54, 1.807) is 0 Å². The molecule has 2 rings (SSSR count). The third-order valence-corrected chi connectivity index (χ3v) is 4.06. The molecular weight excluding hydrogens is 290 g/mol. The molecule has 0 aromatic heterocycles. The van der Waals surface area contributed by atoms with Crippen molar-refractivity contribution in [2.24, 2.45) is 0 Å². The number of carbonyl (C=O) groups is 1. The average Bonchev–Trinajstić information content (AvgIpc) is 2.39. The van der Waals surface area contributed by atoms with E-state index < -0.39 is 0 Å². The number of rotatable bonds is 5. The smallest absolute Gasteiger partial charge is 0.220 e. The summed E-state index contributed by atoms with van der Waals surface area (Å²) in [5.74, 6) is 0.209. The lowest BCUT2D eigenvalue weighted by molar-refractivity contribution is -0.121. The molecule has 0 radical (unpaired) electrons. The van der Waals surface area contributed by atoms with Crippen molar-refractivity contribution < 1.29 is 4.79 Å². The van der Waals surface area contributed by atoms with Gasteiger partial charge in [-0.2, -0.15) is 0 Å². The molecule has 0 aliphatic heterocycles. The zero-order valence-corrected chi connectivity index (χ0v) is 12.2. The van der Waals surface area contributed by atoms with Gasteiger partial charge in [0.2, 0.25) is 5.91 Å². The van der Waals surface area contributed by atoms with Crippen molar-refractivity contribution in [3.05, 3.63) is 35.4 Å². The molecule has 0 spiro atoms. The van der Waals surface area contributed by atoms with E-state index in [4.69, 9.17) is 0 Å². The molecule has 0 fully saturated rings. The third-order valence-electron chi connectivity index (χ3n) is 3.50. The molecule has 98 valence electrons. The number of carbonyl (C=O) groups excluding carboxylic acids is 1. The van der Waals surface area contributed by atoms with Crippen LogP contribution in [0, 0.1) is 0 Å². The van der Waals surface area contributed by atoms with Crippen LogP contribution in [0.1, 0.15) is 36.8 Å². The first-order valence-electron chi connectivity index (χ1n) is 6.71. The number of unbranched alkanes of at least 4 members (excludes halogenated alkanes) is 1. The number of hydrogen-bond acceptors (Lipinski definition) is 1. The summed E-state index contributed by atoms with van der Waals surface area (Å²) in [4.78, 5) is 11.8. The van der Waals surface area contributed by atoms with Crippen molar-refractivity contribution in [1.29, 1.82) is 0 Å². The van der Waals surface area contributed by atoms with E-state index in [1.165, 1.54) is 11.1 Å². The SMILES string of the molecule is O=C(CCCCBr)NC1CCc2ccccc2C1. The van der Waals surface area contributed by atoms with Gasteiger partial charge in [0.05, 0.1) is 0 Å². The van der Waals surface area contributed by atoms with Crippen LogP contribution in [0.3, 0.4) is 0 Å². The molecule has 2 nitrogen and oxygen atoms in total. The second-order valence-corrected chi connectivity index (χ2v) is 5.72. The van der Waals surface area contributed by atoms with Gasteiger partial charge < -0.3 is 5.32 Å². The Balaban J connectivity index is 1.80. The summed E-state index contributed by atoms with van der Waals surface area (Å²) in [5.41, 5.74) is 2.84. The average molecular weight is 310 g/mol. The first-order chi connectivity index (χ1) is 8.79. The first-order valence-corrected chi connectivity index (χ1v) is 7.84. The number of nitrogens with one attached hydrogen (secondary N) is 1. The summed E-state index contributed by atoms with van der Waals surface area (Å²) in [6, 6.07) is 8.88. The van der Waals surface area contributed by atoms with Crippen molar-refractivity contribution in [1.82, 2.24) is 5.32 Å². The van der Waals surface area contributed by atoms with Crippen molar-refractivity contribution in [3.8, 4) is 0 Å². The molecule has 1 aliphatic carbocycles. The van der Waals surface area contributed by atoms with Crippen molar-refractivity contribution in [2.75, 3.05) is 5.33 Å². The van der Waals surface area contributed by atoms with E-state index in [0.29, 0.717) is 12.5 Å². The minimum atomic E-state index is 0.209. The summed E-state index contributed by atoms with van der Waals surface area (Å²) >= 11 is 3.38. The Morgan fingerprint density at radius 2 is 2.06 bits per heavy atom. The molecule has 1 aromatic carbocycles. The van der Waals surface area contributed by atoms with E-state index in [1.807, 2.05) is 0 Å². The summed E-state index contributed by atoms with van der Waals surface area (Å²) in [6.07, 6.45) is 5.84. The number of halogens is 1. The van der Waals surface area contributed by atoms with Gasteiger partial charge in [-0.25, -0.2) is 0 Å². The highest BCUT2D eigenvalue weighted by atomic mass is 79.9. The summed E-state index contributed by atoms with van der Waals surface area (Å²) < 4.78 is 0. The minimum absolute atomic E-state index is 0.209. The monoisotopic (exact) mass is 309 g/mol. The Labute approximate surface area is 117 Å². The Morgan fingerprint density at radius 3 is 2.83 bits per heavy atom. The van der Waals surface area contributed by atoms with Crippen LogP contribution in [-0.2, 0) is 17.6 Å². The molecule has 1 N–H and O–H groups in total. The molecule has 0 heterocycles. The second kappa shape index (κ2) is 6.93. The number of amides is 1. The number of alkyl halides is 1. The standard InChI is InChI=1S/C15H20BrNO/c16-10-4-3-7-15(18)17-14-9-8-12-5-1-2-6-13(12)11-14/h1-2,5-6,14H,3-4,7-11H2,(H,17,18). The number of fused-ring (bicyclic) bond motifs is 1. The molecule has 0 saturated carbocycles. The lowest BCUT2D eigenvalue weighted by atomic mass is 9.88. The van der Waals surface area contributed by atoms with Gasteiger partial charge in [-0.05, 0) is 43.2 Å². The van der Waals surface area contributed by atoms with Crippen LogP contribution in [0.15, 0.2) is 24.3 Å². The van der Waals surface area contributed by atoms with E-state index in [-0.39, 0.29) is 5.91 Å². The molecule has 1 aromatic rings. The maximum absolute atomic E-state index is 11.8. The highest BCUT2D eigenvalue weighted by Gasteiger charge is 2.19. The second-order valence-electron chi connectivity index (χ2n) is 4.92. The number of hydrogen-bond donors (Lipinski definition) is 1. The number of benzene rings is 1. The van der Waals surface area contributed by atoms with Crippen molar-refractivity contribution in [3.63, 3.8) is 0 Å². The maximum Gasteiger partial charge on any atom is 0.220 e. The molecule has 0 bridgehead atoms. The number of aryl methyl sites for hydroxylation is 1. The van der Waals surface area contributed by atoms with Gasteiger partial charge >= 0.3 is 0 Å². The lowest BCUT2D eigenvalue weighted by Crippen LogP contribution is -2.38. The quantitative estimate of drug-likeness (QED) is 0.656. The largest absolute Gasteiger partial charge is 0.353 e. The Bertz CT molecular complexity index is 405. The van der Waals surface area contributed by atoms with Gasteiger partial charge in [0, 0.05) is 17.8 Å². The molecule has 1 atom stereocenters. The highest BCUT2D eigenvalue weighted by Crippen LogP contribution is 2.21. The fraction of sp³-hybridized carbons (Fsp3) is 0.533. The van der Waals surface area contributed by atoms with E-state index in [2.05, 4.69) is 45.5 Å². The van der Waals surface area contributed by atoms with Crippen LogP contribution < -0.4 is 5.32 Å². The molecule has 18 heavy (non-hydrogen) atoms. The van der Waals surface area contributed by atoms with Crippen LogP contribution in [-0.4, -0.2) is 17.3 Å². The van der Waals surface area contributed by atoms with Gasteiger partial charge in [-0.1, -0.05) is 40.2 Å². The van der Waals surface area contributed by atoms with Gasteiger partial charge in [0.1, 0.15) is 0 Å². The lowest BCUT2D eigenvalue weighted by Gasteiger charge is -2.25. The van der Waals surface area contributed by atoms with Crippen LogP contribution >= 0.6 is 15.9 Å². The topological polar surface area (TPSA) is 29.1 Å².